The Balaban J connectivity index is 2.14. The first kappa shape index (κ1) is 18.0. The summed E-state index contributed by atoms with van der Waals surface area (Å²) in [4.78, 5) is 14.3. The highest BCUT2D eigenvalue weighted by Crippen LogP contribution is 2.17. The van der Waals surface area contributed by atoms with Gasteiger partial charge < -0.3 is 15.0 Å². The van der Waals surface area contributed by atoms with Gasteiger partial charge in [0, 0.05) is 24.3 Å². The Bertz CT molecular complexity index is 782. The molecule has 25 heavy (non-hydrogen) atoms. The van der Waals surface area contributed by atoms with Crippen molar-refractivity contribution in [1.29, 1.82) is 15.8 Å². The van der Waals surface area contributed by atoms with Crippen LogP contribution in [0.3, 0.4) is 0 Å². The summed E-state index contributed by atoms with van der Waals surface area (Å²) in [6.45, 7) is 4.94. The lowest BCUT2D eigenvalue weighted by molar-refractivity contribution is -0.0586. The molecule has 126 valence electrons. The SMILES string of the molecule is CC1CN(C(=O)c2ccc(NC(C#N)=C(C#N)C#N)cc2)CC(C)O1. The van der Waals surface area contributed by atoms with E-state index in [2.05, 4.69) is 5.32 Å². The number of nitriles is 3. The Labute approximate surface area is 146 Å². The fourth-order valence-corrected chi connectivity index (χ4v) is 2.65. The minimum atomic E-state index is -0.293. The fraction of sp³-hybridized carbons (Fsp3) is 0.333. The standard InChI is InChI=1S/C18H17N5O2/c1-12-10-23(11-13(2)25-12)18(24)14-3-5-16(6-4-14)22-17(9-21)15(7-19)8-20/h3-6,12-13,22H,10-11H2,1-2H3. The maximum absolute atomic E-state index is 12.6. The molecule has 1 aromatic carbocycles. The lowest BCUT2D eigenvalue weighted by atomic mass is 10.1. The molecule has 1 aliphatic heterocycles. The van der Waals surface area contributed by atoms with Gasteiger partial charge in [-0.1, -0.05) is 0 Å². The van der Waals surface area contributed by atoms with Crippen molar-refractivity contribution in [3.8, 4) is 18.2 Å². The number of ether oxygens (including phenoxy) is 1. The number of anilines is 1. The number of nitrogens with zero attached hydrogens (tertiary/aromatic N) is 4. The molecule has 1 aromatic rings. The van der Waals surface area contributed by atoms with Crippen LogP contribution in [0.5, 0.6) is 0 Å². The predicted molar refractivity (Wildman–Crippen MR) is 89.8 cm³/mol. The molecule has 2 atom stereocenters. The predicted octanol–water partition coefficient (Wildman–Crippen LogP) is 2.17. The Morgan fingerprint density at radius 3 is 2.12 bits per heavy atom. The van der Waals surface area contributed by atoms with E-state index in [0.29, 0.717) is 24.3 Å². The minimum absolute atomic E-state index is 0.00708. The van der Waals surface area contributed by atoms with Gasteiger partial charge in [-0.2, -0.15) is 15.8 Å². The highest BCUT2D eigenvalue weighted by atomic mass is 16.5. The molecule has 1 aliphatic rings. The molecule has 1 N–H and O–H groups in total. The number of nitrogens with one attached hydrogen (secondary N) is 1. The molecule has 1 saturated heterocycles. The van der Waals surface area contributed by atoms with Gasteiger partial charge in [-0.15, -0.1) is 0 Å². The molecule has 1 amide bonds. The van der Waals surface area contributed by atoms with E-state index in [-0.39, 0.29) is 29.4 Å². The zero-order valence-corrected chi connectivity index (χ0v) is 14.0. The molecular formula is C18H17N5O2. The van der Waals surface area contributed by atoms with Gasteiger partial charge in [-0.3, -0.25) is 4.79 Å². The van der Waals surface area contributed by atoms with Crippen LogP contribution < -0.4 is 5.32 Å². The minimum Gasteiger partial charge on any atom is -0.372 e. The molecule has 1 heterocycles. The van der Waals surface area contributed by atoms with Crippen LogP contribution in [0, 0.1) is 34.0 Å². The number of carbonyl (C=O) groups excluding carboxylic acids is 1. The van der Waals surface area contributed by atoms with Crippen LogP contribution in [-0.2, 0) is 4.74 Å². The van der Waals surface area contributed by atoms with Crippen molar-refractivity contribution >= 4 is 11.6 Å². The Kier molecular flexibility index (Phi) is 5.74. The van der Waals surface area contributed by atoms with Gasteiger partial charge in [0.25, 0.3) is 5.91 Å². The smallest absolute Gasteiger partial charge is 0.254 e. The number of carbonyl (C=O) groups is 1. The monoisotopic (exact) mass is 335 g/mol. The normalized spacial score (nSPS) is 19.1. The van der Waals surface area contributed by atoms with Crippen LogP contribution in [0.15, 0.2) is 35.5 Å². The second-order valence-corrected chi connectivity index (χ2v) is 5.76. The summed E-state index contributed by atoms with van der Waals surface area (Å²) < 4.78 is 5.63. The van der Waals surface area contributed by atoms with E-state index in [1.54, 1.807) is 47.4 Å². The first-order valence-corrected chi connectivity index (χ1v) is 7.74. The zero-order chi connectivity index (χ0) is 18.4. The van der Waals surface area contributed by atoms with Crippen molar-refractivity contribution in [1.82, 2.24) is 4.90 Å². The van der Waals surface area contributed by atoms with Crippen molar-refractivity contribution in [2.24, 2.45) is 0 Å². The molecule has 7 heteroatoms. The average Bonchev–Trinajstić information content (AvgIpc) is 2.61. The Morgan fingerprint density at radius 2 is 1.64 bits per heavy atom. The molecule has 0 spiro atoms. The Morgan fingerprint density at radius 1 is 1.08 bits per heavy atom. The fourth-order valence-electron chi connectivity index (χ4n) is 2.65. The van der Waals surface area contributed by atoms with Gasteiger partial charge in [0.05, 0.1) is 12.2 Å². The van der Waals surface area contributed by atoms with Gasteiger partial charge in [0.1, 0.15) is 23.9 Å². The molecular weight excluding hydrogens is 318 g/mol. The van der Waals surface area contributed by atoms with Crippen LogP contribution in [0.25, 0.3) is 0 Å². The number of morpholine rings is 1. The first-order valence-electron chi connectivity index (χ1n) is 7.74. The molecule has 0 aromatic heterocycles. The average molecular weight is 335 g/mol. The van der Waals surface area contributed by atoms with E-state index in [1.165, 1.54) is 0 Å². The summed E-state index contributed by atoms with van der Waals surface area (Å²) in [5, 5.41) is 29.4. The van der Waals surface area contributed by atoms with Gasteiger partial charge in [0.2, 0.25) is 0 Å². The van der Waals surface area contributed by atoms with Gasteiger partial charge in [-0.25, -0.2) is 0 Å². The quantitative estimate of drug-likeness (QED) is 0.847. The van der Waals surface area contributed by atoms with E-state index in [0.717, 1.165) is 0 Å². The third-order valence-corrected chi connectivity index (χ3v) is 3.69. The molecule has 0 aliphatic carbocycles. The number of benzene rings is 1. The van der Waals surface area contributed by atoms with Crippen LogP contribution in [0.1, 0.15) is 24.2 Å². The van der Waals surface area contributed by atoms with Crippen LogP contribution in [0.4, 0.5) is 5.69 Å². The number of rotatable bonds is 3. The second-order valence-electron chi connectivity index (χ2n) is 5.76. The Hall–Kier alpha value is -3.34. The molecule has 0 bridgehead atoms. The number of hydrogen-bond acceptors (Lipinski definition) is 6. The van der Waals surface area contributed by atoms with Crippen LogP contribution >= 0.6 is 0 Å². The summed E-state index contributed by atoms with van der Waals surface area (Å²) in [6.07, 6.45) is -0.0142. The van der Waals surface area contributed by atoms with Crippen molar-refractivity contribution < 1.29 is 9.53 Å². The summed E-state index contributed by atoms with van der Waals surface area (Å²) in [7, 11) is 0. The first-order chi connectivity index (χ1) is 12.0. The highest BCUT2D eigenvalue weighted by molar-refractivity contribution is 5.94. The molecule has 0 saturated carbocycles. The third-order valence-electron chi connectivity index (χ3n) is 3.69. The second kappa shape index (κ2) is 7.97. The number of hydrogen-bond donors (Lipinski definition) is 1. The summed E-state index contributed by atoms with van der Waals surface area (Å²) >= 11 is 0. The van der Waals surface area contributed by atoms with Crippen LogP contribution in [0.2, 0.25) is 0 Å². The summed E-state index contributed by atoms with van der Waals surface area (Å²) in [6, 6.07) is 11.7. The van der Waals surface area contributed by atoms with Gasteiger partial charge >= 0.3 is 0 Å². The molecule has 2 rings (SSSR count). The maximum Gasteiger partial charge on any atom is 0.254 e. The van der Waals surface area contributed by atoms with Crippen molar-refractivity contribution in [2.45, 2.75) is 26.1 Å². The molecule has 2 unspecified atom stereocenters. The van der Waals surface area contributed by atoms with Gasteiger partial charge in [-0.05, 0) is 38.1 Å². The summed E-state index contributed by atoms with van der Waals surface area (Å²) in [5.74, 6) is -0.0839. The van der Waals surface area contributed by atoms with Crippen molar-refractivity contribution in [3.05, 3.63) is 41.1 Å². The van der Waals surface area contributed by atoms with Crippen molar-refractivity contribution in [2.75, 3.05) is 18.4 Å². The van der Waals surface area contributed by atoms with Gasteiger partial charge in [0.15, 0.2) is 5.57 Å². The van der Waals surface area contributed by atoms with E-state index >= 15 is 0 Å². The highest BCUT2D eigenvalue weighted by Gasteiger charge is 2.26. The van der Waals surface area contributed by atoms with E-state index < -0.39 is 0 Å². The van der Waals surface area contributed by atoms with E-state index in [9.17, 15) is 4.79 Å². The van der Waals surface area contributed by atoms with Crippen molar-refractivity contribution in [3.63, 3.8) is 0 Å². The molecule has 1 fully saturated rings. The third kappa shape index (κ3) is 4.35. The summed E-state index contributed by atoms with van der Waals surface area (Å²) in [5.41, 5.74) is 0.619. The zero-order valence-electron chi connectivity index (χ0n) is 14.0. The largest absolute Gasteiger partial charge is 0.372 e. The number of amides is 1. The molecule has 0 radical (unpaired) electrons. The maximum atomic E-state index is 12.6. The molecule has 7 nitrogen and oxygen atoms in total. The number of allylic oxidation sites excluding steroid dienone is 2. The van der Waals surface area contributed by atoms with E-state index in [1.807, 2.05) is 13.8 Å². The lowest BCUT2D eigenvalue weighted by Crippen LogP contribution is -2.48. The topological polar surface area (TPSA) is 113 Å². The lowest BCUT2D eigenvalue weighted by Gasteiger charge is -2.35. The van der Waals surface area contributed by atoms with Crippen LogP contribution in [-0.4, -0.2) is 36.1 Å². The van der Waals surface area contributed by atoms with E-state index in [4.69, 9.17) is 20.5 Å².